The fourth-order valence-corrected chi connectivity index (χ4v) is 4.66. The number of carboxylic acids is 1. The zero-order valence-corrected chi connectivity index (χ0v) is 20.5. The Morgan fingerprint density at radius 1 is 1.03 bits per heavy atom. The average Bonchev–Trinajstić information content (AvgIpc) is 3.16. The molecular formula is C27H34N2O6. The van der Waals surface area contributed by atoms with Gasteiger partial charge in [-0.2, -0.15) is 0 Å². The molecule has 0 bridgehead atoms. The van der Waals surface area contributed by atoms with E-state index in [2.05, 4.69) is 22.8 Å². The predicted molar refractivity (Wildman–Crippen MR) is 132 cm³/mol. The molecular weight excluding hydrogens is 448 g/mol. The van der Waals surface area contributed by atoms with Crippen molar-refractivity contribution in [3.63, 3.8) is 0 Å². The fourth-order valence-electron chi connectivity index (χ4n) is 4.66. The molecule has 1 unspecified atom stereocenters. The lowest BCUT2D eigenvalue weighted by Gasteiger charge is -2.29. The molecule has 3 rings (SSSR count). The summed E-state index contributed by atoms with van der Waals surface area (Å²) in [6.07, 6.45) is 0.790. The van der Waals surface area contributed by atoms with Gasteiger partial charge in [-0.1, -0.05) is 68.8 Å². The Hall–Kier alpha value is -3.39. The largest absolute Gasteiger partial charge is 0.479 e. The van der Waals surface area contributed by atoms with Gasteiger partial charge in [0, 0.05) is 25.5 Å². The predicted octanol–water partition coefficient (Wildman–Crippen LogP) is 4.08. The molecule has 2 atom stereocenters. The summed E-state index contributed by atoms with van der Waals surface area (Å²) in [5.74, 6) is -1.69. The Bertz CT molecular complexity index is 1010. The monoisotopic (exact) mass is 482 g/mol. The van der Waals surface area contributed by atoms with Gasteiger partial charge in [-0.25, -0.2) is 9.59 Å². The second kappa shape index (κ2) is 11.8. The molecule has 8 heteroatoms. The summed E-state index contributed by atoms with van der Waals surface area (Å²) in [7, 11) is 1.39. The average molecular weight is 483 g/mol. The zero-order valence-electron chi connectivity index (χ0n) is 20.5. The number of amides is 2. The second-order valence-corrected chi connectivity index (χ2v) is 8.88. The highest BCUT2D eigenvalue weighted by atomic mass is 16.5. The number of carboxylic acid groups (broad SMARTS) is 1. The third-order valence-electron chi connectivity index (χ3n) is 6.52. The lowest BCUT2D eigenvalue weighted by Crippen LogP contribution is -2.58. The molecule has 0 aliphatic heterocycles. The van der Waals surface area contributed by atoms with Crippen LogP contribution in [-0.2, 0) is 19.1 Å². The van der Waals surface area contributed by atoms with Gasteiger partial charge in [0.05, 0.1) is 6.61 Å². The molecule has 3 N–H and O–H groups in total. The summed E-state index contributed by atoms with van der Waals surface area (Å²) in [6, 6.07) is 15.7. The molecule has 0 aromatic heterocycles. The number of benzene rings is 2. The first-order valence-electron chi connectivity index (χ1n) is 12.0. The van der Waals surface area contributed by atoms with Gasteiger partial charge in [-0.3, -0.25) is 4.79 Å². The maximum absolute atomic E-state index is 12.7. The van der Waals surface area contributed by atoms with E-state index in [1.54, 1.807) is 6.92 Å². The van der Waals surface area contributed by atoms with Crippen molar-refractivity contribution in [3.8, 4) is 11.1 Å². The molecule has 0 saturated carbocycles. The molecule has 1 aliphatic carbocycles. The topological polar surface area (TPSA) is 114 Å². The van der Waals surface area contributed by atoms with E-state index in [0.717, 1.165) is 28.7 Å². The highest BCUT2D eigenvalue weighted by Gasteiger charge is 2.39. The van der Waals surface area contributed by atoms with Crippen molar-refractivity contribution in [2.45, 2.75) is 57.0 Å². The van der Waals surface area contributed by atoms with E-state index in [1.165, 1.54) is 7.11 Å². The fraction of sp³-hybridized carbons (Fsp3) is 0.444. The lowest BCUT2D eigenvalue weighted by atomic mass is 9.96. The van der Waals surface area contributed by atoms with Gasteiger partial charge in [-0.05, 0) is 35.1 Å². The van der Waals surface area contributed by atoms with Gasteiger partial charge in [0.1, 0.15) is 6.61 Å². The van der Waals surface area contributed by atoms with Crippen LogP contribution in [0.1, 0.15) is 56.6 Å². The van der Waals surface area contributed by atoms with Crippen LogP contribution < -0.4 is 10.6 Å². The molecule has 0 spiro atoms. The summed E-state index contributed by atoms with van der Waals surface area (Å²) < 4.78 is 10.6. The van der Waals surface area contributed by atoms with E-state index >= 15 is 0 Å². The van der Waals surface area contributed by atoms with Crippen LogP contribution in [0.15, 0.2) is 48.5 Å². The van der Waals surface area contributed by atoms with E-state index in [1.807, 2.05) is 43.3 Å². The van der Waals surface area contributed by atoms with Crippen LogP contribution in [0.25, 0.3) is 11.1 Å². The minimum absolute atomic E-state index is 0.0588. The molecule has 8 nitrogen and oxygen atoms in total. The molecule has 2 aromatic rings. The van der Waals surface area contributed by atoms with Crippen LogP contribution in [0.2, 0.25) is 0 Å². The third-order valence-corrected chi connectivity index (χ3v) is 6.52. The smallest absolute Gasteiger partial charge is 0.407 e. The van der Waals surface area contributed by atoms with Gasteiger partial charge < -0.3 is 25.2 Å². The Morgan fingerprint density at radius 3 is 2.14 bits per heavy atom. The Balaban J connectivity index is 1.61. The van der Waals surface area contributed by atoms with Crippen molar-refractivity contribution in [2.75, 3.05) is 20.3 Å². The number of carbonyl (C=O) groups is 3. The maximum atomic E-state index is 12.7. The normalized spacial score (nSPS) is 14.8. The molecule has 0 radical (unpaired) electrons. The minimum atomic E-state index is -1.51. The first kappa shape index (κ1) is 26.2. The summed E-state index contributed by atoms with van der Waals surface area (Å²) in [6.45, 7) is 3.65. The van der Waals surface area contributed by atoms with Crippen LogP contribution in [0, 0.1) is 0 Å². The quantitative estimate of drug-likeness (QED) is 0.420. The number of methoxy groups -OCH3 is 1. The first-order valence-corrected chi connectivity index (χ1v) is 12.0. The van der Waals surface area contributed by atoms with Gasteiger partial charge >= 0.3 is 12.1 Å². The van der Waals surface area contributed by atoms with E-state index < -0.39 is 29.6 Å². The molecule has 2 amide bonds. The molecule has 0 heterocycles. The SMILES string of the molecule is CCC[C@@H](CC(=O)NC(CC)(COC)C(=O)O)NC(=O)OCC1c2ccccc2-c2ccccc21. The summed E-state index contributed by atoms with van der Waals surface area (Å²) in [4.78, 5) is 37.1. The summed E-state index contributed by atoms with van der Waals surface area (Å²) in [5, 5.41) is 15.0. The van der Waals surface area contributed by atoms with Gasteiger partial charge in [-0.15, -0.1) is 0 Å². The molecule has 0 fully saturated rings. The maximum Gasteiger partial charge on any atom is 0.407 e. The van der Waals surface area contributed by atoms with Crippen molar-refractivity contribution in [1.82, 2.24) is 10.6 Å². The summed E-state index contributed by atoms with van der Waals surface area (Å²) >= 11 is 0. The van der Waals surface area contributed by atoms with Gasteiger partial charge in [0.2, 0.25) is 5.91 Å². The molecule has 35 heavy (non-hydrogen) atoms. The minimum Gasteiger partial charge on any atom is -0.479 e. The van der Waals surface area contributed by atoms with Crippen LogP contribution in [0.3, 0.4) is 0 Å². The first-order chi connectivity index (χ1) is 16.8. The van der Waals surface area contributed by atoms with Crippen LogP contribution in [0.5, 0.6) is 0 Å². The Labute approximate surface area is 206 Å². The number of alkyl carbamates (subject to hydrolysis) is 1. The molecule has 188 valence electrons. The van der Waals surface area contributed by atoms with E-state index in [0.29, 0.717) is 6.42 Å². The number of carbonyl (C=O) groups excluding carboxylic acids is 2. The Morgan fingerprint density at radius 2 is 1.63 bits per heavy atom. The van der Waals surface area contributed by atoms with Gasteiger partial charge in [0.15, 0.2) is 5.54 Å². The highest BCUT2D eigenvalue weighted by Crippen LogP contribution is 2.44. The second-order valence-electron chi connectivity index (χ2n) is 8.88. The standard InChI is InChI=1S/C27H34N2O6/c1-4-10-18(15-24(30)29-27(5-2,17-34-3)25(31)32)28-26(33)35-16-23-21-13-8-6-11-19(21)20-12-7-9-14-22(20)23/h6-9,11-14,18,23H,4-5,10,15-17H2,1-3H3,(H,28,33)(H,29,30)(H,31,32)/t18-,27?/m0/s1. The van der Waals surface area contributed by atoms with Crippen molar-refractivity contribution in [2.24, 2.45) is 0 Å². The highest BCUT2D eigenvalue weighted by molar-refractivity contribution is 5.87. The van der Waals surface area contributed by atoms with Crippen molar-refractivity contribution in [1.29, 1.82) is 0 Å². The van der Waals surface area contributed by atoms with Crippen LogP contribution in [0.4, 0.5) is 4.79 Å². The van der Waals surface area contributed by atoms with E-state index in [9.17, 15) is 19.5 Å². The van der Waals surface area contributed by atoms with Crippen molar-refractivity contribution >= 4 is 18.0 Å². The number of ether oxygens (including phenoxy) is 2. The van der Waals surface area contributed by atoms with Gasteiger partial charge in [0.25, 0.3) is 0 Å². The number of fused-ring (bicyclic) bond motifs is 3. The van der Waals surface area contributed by atoms with Crippen molar-refractivity contribution in [3.05, 3.63) is 59.7 Å². The van der Waals surface area contributed by atoms with E-state index in [-0.39, 0.29) is 32.0 Å². The number of rotatable bonds is 12. The number of nitrogens with one attached hydrogen (secondary N) is 2. The molecule has 2 aromatic carbocycles. The summed E-state index contributed by atoms with van der Waals surface area (Å²) in [5.41, 5.74) is 3.02. The lowest BCUT2D eigenvalue weighted by molar-refractivity contribution is -0.150. The Kier molecular flexibility index (Phi) is 8.87. The molecule has 0 saturated heterocycles. The number of hydrogen-bond donors (Lipinski definition) is 3. The number of aliphatic carboxylic acids is 1. The molecule has 1 aliphatic rings. The third kappa shape index (κ3) is 6.00. The zero-order chi connectivity index (χ0) is 25.4. The van der Waals surface area contributed by atoms with E-state index in [4.69, 9.17) is 9.47 Å². The number of hydrogen-bond acceptors (Lipinski definition) is 5. The van der Waals surface area contributed by atoms with Crippen LogP contribution in [-0.4, -0.2) is 55.0 Å². The van der Waals surface area contributed by atoms with Crippen molar-refractivity contribution < 1.29 is 29.0 Å². The van der Waals surface area contributed by atoms with Crippen LogP contribution >= 0.6 is 0 Å².